The molecule has 1 heterocycles. The first kappa shape index (κ1) is 7.42. The minimum absolute atomic E-state index is 0.604. The van der Waals surface area contributed by atoms with Crippen LogP contribution in [0.4, 0.5) is 0 Å². The van der Waals surface area contributed by atoms with E-state index in [4.69, 9.17) is 0 Å². The first-order valence-electron chi connectivity index (χ1n) is 3.74. The zero-order valence-electron chi connectivity index (χ0n) is 5.93. The minimum atomic E-state index is 0.604. The molecule has 9 heavy (non-hydrogen) atoms. The summed E-state index contributed by atoms with van der Waals surface area (Å²) in [6.07, 6.45) is 3.86. The van der Waals surface area contributed by atoms with Crippen LogP contribution in [0.5, 0.6) is 0 Å². The van der Waals surface area contributed by atoms with E-state index in [-0.39, 0.29) is 0 Å². The quantitative estimate of drug-likeness (QED) is 0.532. The normalized spacial score (nSPS) is 36.7. The van der Waals surface area contributed by atoms with Crippen LogP contribution in [0.1, 0.15) is 26.2 Å². The van der Waals surface area contributed by atoms with Crippen LogP contribution in [-0.2, 0) is 0 Å². The molecule has 2 unspecified atom stereocenters. The first-order chi connectivity index (χ1) is 4.33. The van der Waals surface area contributed by atoms with Crippen LogP contribution in [0.3, 0.4) is 0 Å². The summed E-state index contributed by atoms with van der Waals surface area (Å²) in [5, 5.41) is 4.05. The van der Waals surface area contributed by atoms with Crippen molar-refractivity contribution in [3.63, 3.8) is 0 Å². The summed E-state index contributed by atoms with van der Waals surface area (Å²) >= 11 is 4.38. The first-order valence-corrected chi connectivity index (χ1v) is 4.26. The minimum Gasteiger partial charge on any atom is -0.313 e. The van der Waals surface area contributed by atoms with Crippen molar-refractivity contribution in [1.29, 1.82) is 0 Å². The van der Waals surface area contributed by atoms with Crippen LogP contribution in [0.25, 0.3) is 0 Å². The number of piperidine rings is 1. The highest BCUT2D eigenvalue weighted by Crippen LogP contribution is 2.13. The van der Waals surface area contributed by atoms with E-state index < -0.39 is 0 Å². The van der Waals surface area contributed by atoms with E-state index in [2.05, 4.69) is 24.9 Å². The molecule has 0 aromatic carbocycles. The van der Waals surface area contributed by atoms with Crippen molar-refractivity contribution in [3.8, 4) is 0 Å². The second-order valence-electron chi connectivity index (χ2n) is 2.74. The van der Waals surface area contributed by atoms with Crippen molar-refractivity contribution < 1.29 is 0 Å². The number of nitrogens with one attached hydrogen (secondary N) is 1. The Balaban J connectivity index is 2.18. The Morgan fingerprint density at radius 2 is 2.33 bits per heavy atom. The molecule has 0 saturated carbocycles. The number of thiol groups is 1. The van der Waals surface area contributed by atoms with Crippen molar-refractivity contribution in [2.75, 3.05) is 6.54 Å². The zero-order chi connectivity index (χ0) is 6.69. The molecule has 0 aromatic rings. The lowest BCUT2D eigenvalue weighted by molar-refractivity contribution is 0.401. The van der Waals surface area contributed by atoms with E-state index in [1.807, 2.05) is 0 Å². The average Bonchev–Trinajstić information content (AvgIpc) is 1.90. The molecule has 0 aromatic heterocycles. The fraction of sp³-hybridized carbons (Fsp3) is 1.00. The molecule has 0 amide bonds. The lowest BCUT2D eigenvalue weighted by Crippen LogP contribution is -2.38. The maximum Gasteiger partial charge on any atom is 0.0142 e. The molecule has 54 valence electrons. The topological polar surface area (TPSA) is 12.0 Å². The van der Waals surface area contributed by atoms with Gasteiger partial charge in [0.15, 0.2) is 0 Å². The molecule has 0 bridgehead atoms. The summed E-state index contributed by atoms with van der Waals surface area (Å²) in [6.45, 7) is 3.33. The van der Waals surface area contributed by atoms with E-state index >= 15 is 0 Å². The number of hydrogen-bond acceptors (Lipinski definition) is 2. The van der Waals surface area contributed by atoms with Crippen LogP contribution < -0.4 is 5.32 Å². The van der Waals surface area contributed by atoms with Crippen molar-refractivity contribution in [2.24, 2.45) is 0 Å². The van der Waals surface area contributed by atoms with Gasteiger partial charge in [-0.2, -0.15) is 12.6 Å². The Kier molecular flexibility index (Phi) is 2.86. The molecule has 2 atom stereocenters. The molecule has 1 rings (SSSR count). The van der Waals surface area contributed by atoms with Crippen LogP contribution in [0, 0.1) is 0 Å². The fourth-order valence-electron chi connectivity index (χ4n) is 1.25. The summed E-state index contributed by atoms with van der Waals surface area (Å²) in [5.74, 6) is 0. The maximum absolute atomic E-state index is 4.38. The number of hydrogen-bond donors (Lipinski definition) is 2. The molecule has 1 nitrogen and oxygen atoms in total. The third kappa shape index (κ3) is 2.18. The van der Waals surface area contributed by atoms with Crippen molar-refractivity contribution in [1.82, 2.24) is 5.32 Å². The molecule has 1 saturated heterocycles. The lowest BCUT2D eigenvalue weighted by atomic mass is 10.0. The Morgan fingerprint density at radius 1 is 1.56 bits per heavy atom. The van der Waals surface area contributed by atoms with Crippen molar-refractivity contribution in [3.05, 3.63) is 0 Å². The average molecular weight is 145 g/mol. The summed E-state index contributed by atoms with van der Waals surface area (Å²) < 4.78 is 0. The molecule has 0 aliphatic carbocycles. The van der Waals surface area contributed by atoms with Crippen LogP contribution in [0.15, 0.2) is 0 Å². The molecule has 1 fully saturated rings. The second kappa shape index (κ2) is 3.47. The van der Waals surface area contributed by atoms with Crippen LogP contribution in [0.2, 0.25) is 0 Å². The molecule has 2 heteroatoms. The fourth-order valence-corrected chi connectivity index (χ4v) is 1.50. The highest BCUT2D eigenvalue weighted by molar-refractivity contribution is 7.81. The Bertz CT molecular complexity index is 77.0. The van der Waals surface area contributed by atoms with Gasteiger partial charge in [0.25, 0.3) is 0 Å². The van der Waals surface area contributed by atoms with Gasteiger partial charge in [-0.05, 0) is 19.3 Å². The van der Waals surface area contributed by atoms with Crippen molar-refractivity contribution in [2.45, 2.75) is 37.5 Å². The Morgan fingerprint density at radius 3 is 2.78 bits per heavy atom. The highest BCUT2D eigenvalue weighted by atomic mass is 32.1. The summed E-state index contributed by atoms with van der Waals surface area (Å²) in [5.41, 5.74) is 0. The highest BCUT2D eigenvalue weighted by Gasteiger charge is 2.15. The smallest absolute Gasteiger partial charge is 0.0142 e. The SMILES string of the molecule is CCC1CCC(S)CN1. The molecule has 1 aliphatic heterocycles. The van der Waals surface area contributed by atoms with Gasteiger partial charge >= 0.3 is 0 Å². The summed E-state index contributed by atoms with van der Waals surface area (Å²) in [4.78, 5) is 0. The van der Waals surface area contributed by atoms with Gasteiger partial charge in [-0.15, -0.1) is 0 Å². The second-order valence-corrected chi connectivity index (χ2v) is 3.47. The molecule has 1 N–H and O–H groups in total. The maximum atomic E-state index is 4.38. The molecular weight excluding hydrogens is 130 g/mol. The third-order valence-corrected chi connectivity index (χ3v) is 2.42. The number of rotatable bonds is 1. The summed E-state index contributed by atoms with van der Waals surface area (Å²) in [6, 6.07) is 0.772. The Labute approximate surface area is 62.6 Å². The van der Waals surface area contributed by atoms with E-state index in [0.717, 1.165) is 12.6 Å². The third-order valence-electron chi connectivity index (χ3n) is 1.98. The standard InChI is InChI=1S/C7H15NS/c1-2-6-3-4-7(9)5-8-6/h6-9H,2-5H2,1H3. The van der Waals surface area contributed by atoms with Gasteiger partial charge in [0.1, 0.15) is 0 Å². The van der Waals surface area contributed by atoms with Gasteiger partial charge in [0.2, 0.25) is 0 Å². The van der Waals surface area contributed by atoms with Gasteiger partial charge in [-0.3, -0.25) is 0 Å². The van der Waals surface area contributed by atoms with E-state index in [9.17, 15) is 0 Å². The van der Waals surface area contributed by atoms with Crippen LogP contribution in [-0.4, -0.2) is 17.8 Å². The van der Waals surface area contributed by atoms with E-state index in [1.165, 1.54) is 19.3 Å². The Hall–Kier alpha value is 0.310. The predicted octanol–water partition coefficient (Wildman–Crippen LogP) is 1.45. The zero-order valence-corrected chi connectivity index (χ0v) is 6.82. The summed E-state index contributed by atoms with van der Waals surface area (Å²) in [7, 11) is 0. The van der Waals surface area contributed by atoms with Gasteiger partial charge in [-0.25, -0.2) is 0 Å². The van der Waals surface area contributed by atoms with E-state index in [0.29, 0.717) is 5.25 Å². The predicted molar refractivity (Wildman–Crippen MR) is 44.1 cm³/mol. The van der Waals surface area contributed by atoms with Gasteiger partial charge in [-0.1, -0.05) is 6.92 Å². The van der Waals surface area contributed by atoms with Gasteiger partial charge in [0, 0.05) is 17.8 Å². The van der Waals surface area contributed by atoms with Gasteiger partial charge < -0.3 is 5.32 Å². The largest absolute Gasteiger partial charge is 0.313 e. The lowest BCUT2D eigenvalue weighted by Gasteiger charge is -2.25. The molecule has 0 spiro atoms. The molecular formula is C7H15NS. The van der Waals surface area contributed by atoms with Crippen LogP contribution >= 0.6 is 12.6 Å². The van der Waals surface area contributed by atoms with Gasteiger partial charge in [0.05, 0.1) is 0 Å². The van der Waals surface area contributed by atoms with Crippen molar-refractivity contribution >= 4 is 12.6 Å². The molecule has 1 aliphatic rings. The monoisotopic (exact) mass is 145 g/mol. The molecule has 0 radical (unpaired) electrons. The van der Waals surface area contributed by atoms with E-state index in [1.54, 1.807) is 0 Å².